The van der Waals surface area contributed by atoms with Crippen LogP contribution < -0.4 is 0 Å². The highest BCUT2D eigenvalue weighted by Crippen LogP contribution is 2.01. The van der Waals surface area contributed by atoms with Crippen LogP contribution in [0.3, 0.4) is 0 Å². The summed E-state index contributed by atoms with van der Waals surface area (Å²) < 4.78 is 31.1. The molecule has 0 rings (SSSR count). The van der Waals surface area contributed by atoms with E-state index in [2.05, 4.69) is 0 Å². The lowest BCUT2D eigenvalue weighted by Gasteiger charge is -1.92. The topological polar surface area (TPSA) is 51.2 Å². The second-order valence-corrected chi connectivity index (χ2v) is 4.89. The molecule has 0 amide bonds. The van der Waals surface area contributed by atoms with E-state index in [0.717, 1.165) is 0 Å². The van der Waals surface area contributed by atoms with Gasteiger partial charge in [-0.2, -0.15) is 0 Å². The van der Waals surface area contributed by atoms with Gasteiger partial charge in [0.25, 0.3) is 0 Å². The average molecular weight is 168 g/mol. The molecule has 0 N–H and O–H groups in total. The van der Waals surface area contributed by atoms with E-state index in [9.17, 15) is 13.0 Å². The van der Waals surface area contributed by atoms with Gasteiger partial charge in [0.05, 0.1) is 5.75 Å². The molecule has 0 bridgehead atoms. The quantitative estimate of drug-likeness (QED) is 0.590. The van der Waals surface area contributed by atoms with Crippen LogP contribution in [0.25, 0.3) is 0 Å². The predicted molar refractivity (Wildman–Crippen MR) is 36.6 cm³/mol. The lowest BCUT2D eigenvalue weighted by Crippen LogP contribution is -2.05. The first kappa shape index (κ1) is 9.05. The van der Waals surface area contributed by atoms with Crippen molar-refractivity contribution in [3.05, 3.63) is 0 Å². The molecule has 0 heterocycles. The van der Waals surface area contributed by atoms with Gasteiger partial charge in [0.2, 0.25) is 0 Å². The summed E-state index contributed by atoms with van der Waals surface area (Å²) in [6.07, 6.45) is 0.595. The maximum atomic E-state index is 10.6. The second kappa shape index (κ2) is 3.96. The summed E-state index contributed by atoms with van der Waals surface area (Å²) in [5.41, 5.74) is -0.235. The Morgan fingerprint density at radius 3 is 2.33 bits per heavy atom. The van der Waals surface area contributed by atoms with E-state index in [-0.39, 0.29) is 19.7 Å². The molecule has 0 unspecified atom stereocenters. The minimum atomic E-state index is -3.01. The average Bonchev–Trinajstić information content (AvgIpc) is 1.64. The highest BCUT2D eigenvalue weighted by molar-refractivity contribution is 7.95. The van der Waals surface area contributed by atoms with Gasteiger partial charge in [0, 0.05) is 0 Å². The molecule has 0 atom stereocenters. The summed E-state index contributed by atoms with van der Waals surface area (Å²) in [6, 6.07) is 0. The predicted octanol–water partition coefficient (Wildman–Crippen LogP) is 1.06. The second-order valence-electron chi connectivity index (χ2n) is 1.71. The van der Waals surface area contributed by atoms with Crippen molar-refractivity contribution < 1.29 is 13.0 Å². The molecule has 0 spiro atoms. The smallest absolute Gasteiger partial charge is 0.171 e. The Balaban J connectivity index is 3.88. The van der Waals surface area contributed by atoms with E-state index in [1.54, 1.807) is 6.92 Å². The fourth-order valence-corrected chi connectivity index (χ4v) is 2.24. The molecule has 0 saturated heterocycles. The molecule has 0 saturated carbocycles. The lowest BCUT2D eigenvalue weighted by molar-refractivity contribution is 0.592. The van der Waals surface area contributed by atoms with Gasteiger partial charge >= 0.3 is 0 Å². The highest BCUT2D eigenvalue weighted by atomic mass is 32.2. The van der Waals surface area contributed by atoms with E-state index in [1.165, 1.54) is 0 Å². The molecule has 0 aliphatic carbocycles. The first-order valence-electron chi connectivity index (χ1n) is 2.62. The van der Waals surface area contributed by atoms with Crippen molar-refractivity contribution in [2.75, 3.05) is 11.2 Å². The van der Waals surface area contributed by atoms with Gasteiger partial charge in [-0.1, -0.05) is 6.92 Å². The molecule has 3 nitrogen and oxygen atoms in total. The zero-order valence-corrected chi connectivity index (χ0v) is 6.91. The molecule has 0 aromatic rings. The van der Waals surface area contributed by atoms with Crippen molar-refractivity contribution in [2.24, 2.45) is 0 Å². The molecule has 0 aromatic carbocycles. The summed E-state index contributed by atoms with van der Waals surface area (Å²) in [6.45, 7) is 1.78. The molecule has 0 fully saturated rings. The summed E-state index contributed by atoms with van der Waals surface area (Å²) in [4.78, 5) is 0. The zero-order valence-electron chi connectivity index (χ0n) is 5.20. The van der Waals surface area contributed by atoms with Gasteiger partial charge in [-0.3, -0.25) is 4.57 Å². The Labute approximate surface area is 56.6 Å². The van der Waals surface area contributed by atoms with Gasteiger partial charge in [-0.05, 0) is 6.42 Å². The fourth-order valence-electron chi connectivity index (χ4n) is 0.456. The Kier molecular flexibility index (Phi) is 3.98. The SMILES string of the molecule is CCCS(=O)(=O)CP=O. The molecular weight excluding hydrogens is 159 g/mol. The highest BCUT2D eigenvalue weighted by Gasteiger charge is 2.07. The van der Waals surface area contributed by atoms with Crippen molar-refractivity contribution in [3.8, 4) is 0 Å². The summed E-state index contributed by atoms with van der Waals surface area (Å²) in [5, 5.41) is 0. The van der Waals surface area contributed by atoms with Gasteiger partial charge < -0.3 is 0 Å². The van der Waals surface area contributed by atoms with Crippen LogP contribution in [0.2, 0.25) is 0 Å². The Hall–Kier alpha value is 0.0500. The van der Waals surface area contributed by atoms with Crippen molar-refractivity contribution in [2.45, 2.75) is 13.3 Å². The molecular formula is C4H9O3PS. The standard InChI is InChI=1S/C4H9O3PS/c1-2-3-9(6,7)4-8-5/h2-4H2,1H3. The third kappa shape index (κ3) is 4.55. The maximum absolute atomic E-state index is 10.6. The fraction of sp³-hybridized carbons (Fsp3) is 1.00. The van der Waals surface area contributed by atoms with Gasteiger partial charge in [0.15, 0.2) is 18.3 Å². The van der Waals surface area contributed by atoms with Crippen LogP contribution >= 0.6 is 8.46 Å². The van der Waals surface area contributed by atoms with Crippen molar-refractivity contribution in [3.63, 3.8) is 0 Å². The van der Waals surface area contributed by atoms with Gasteiger partial charge in [0.1, 0.15) is 5.49 Å². The van der Waals surface area contributed by atoms with Crippen molar-refractivity contribution in [1.82, 2.24) is 0 Å². The third-order valence-corrected chi connectivity index (χ3v) is 3.79. The molecule has 54 valence electrons. The zero-order chi connectivity index (χ0) is 7.33. The van der Waals surface area contributed by atoms with E-state index in [1.807, 2.05) is 0 Å². The monoisotopic (exact) mass is 168 g/mol. The lowest BCUT2D eigenvalue weighted by atomic mass is 10.6. The van der Waals surface area contributed by atoms with E-state index in [0.29, 0.717) is 6.42 Å². The van der Waals surface area contributed by atoms with Gasteiger partial charge in [-0.15, -0.1) is 0 Å². The Morgan fingerprint density at radius 1 is 1.44 bits per heavy atom. The minimum Gasteiger partial charge on any atom is -0.274 e. The Morgan fingerprint density at radius 2 is 2.00 bits per heavy atom. The van der Waals surface area contributed by atoms with Crippen LogP contribution in [0.4, 0.5) is 0 Å². The number of hydrogen-bond donors (Lipinski definition) is 0. The van der Waals surface area contributed by atoms with Gasteiger partial charge in [-0.25, -0.2) is 8.42 Å². The molecule has 0 aliphatic rings. The van der Waals surface area contributed by atoms with Crippen molar-refractivity contribution in [1.29, 1.82) is 0 Å². The van der Waals surface area contributed by atoms with E-state index >= 15 is 0 Å². The first-order valence-corrected chi connectivity index (χ1v) is 5.44. The van der Waals surface area contributed by atoms with Crippen LogP contribution in [-0.2, 0) is 14.4 Å². The van der Waals surface area contributed by atoms with Crippen LogP contribution in [0.1, 0.15) is 13.3 Å². The summed E-state index contributed by atoms with van der Waals surface area (Å²) in [7, 11) is -3.31. The van der Waals surface area contributed by atoms with Crippen LogP contribution in [0.5, 0.6) is 0 Å². The molecule has 9 heavy (non-hydrogen) atoms. The van der Waals surface area contributed by atoms with Crippen LogP contribution in [-0.4, -0.2) is 19.7 Å². The normalized spacial score (nSPS) is 12.1. The minimum absolute atomic E-state index is 0.141. The van der Waals surface area contributed by atoms with E-state index in [4.69, 9.17) is 0 Å². The summed E-state index contributed by atoms with van der Waals surface area (Å²) in [5.74, 6) is 0.141. The molecule has 0 aliphatic heterocycles. The maximum Gasteiger partial charge on any atom is 0.171 e. The number of sulfone groups is 1. The van der Waals surface area contributed by atoms with E-state index < -0.39 is 9.84 Å². The molecule has 0 aromatic heterocycles. The Bertz CT molecular complexity index is 172. The number of rotatable bonds is 4. The number of hydrogen-bond acceptors (Lipinski definition) is 3. The molecule has 5 heteroatoms. The summed E-state index contributed by atoms with van der Waals surface area (Å²) >= 11 is 0. The van der Waals surface area contributed by atoms with Crippen molar-refractivity contribution >= 4 is 18.3 Å². The van der Waals surface area contributed by atoms with Crippen LogP contribution in [0.15, 0.2) is 0 Å². The third-order valence-electron chi connectivity index (χ3n) is 0.765. The van der Waals surface area contributed by atoms with Crippen LogP contribution in [0, 0.1) is 0 Å². The largest absolute Gasteiger partial charge is 0.274 e. The first-order chi connectivity index (χ1) is 4.12. The molecule has 0 radical (unpaired) electrons.